The maximum atomic E-state index is 11.4. The molecule has 1 heterocycles. The normalized spacial score (nSPS) is 15.0. The zero-order valence-corrected chi connectivity index (χ0v) is 10.2. The molecule has 0 bridgehead atoms. The Kier molecular flexibility index (Phi) is 2.80. The summed E-state index contributed by atoms with van der Waals surface area (Å²) in [6, 6.07) is 0. The number of hydrogen-bond acceptors (Lipinski definition) is 2. The first-order valence-corrected chi connectivity index (χ1v) is 5.79. The SMILES string of the molecule is COC(=O)c1[nH]c(I)c2c1CCCC2. The van der Waals surface area contributed by atoms with Gasteiger partial charge < -0.3 is 9.72 Å². The van der Waals surface area contributed by atoms with Crippen molar-refractivity contribution in [2.24, 2.45) is 0 Å². The van der Waals surface area contributed by atoms with E-state index in [2.05, 4.69) is 27.6 Å². The van der Waals surface area contributed by atoms with E-state index in [4.69, 9.17) is 4.74 Å². The highest BCUT2D eigenvalue weighted by atomic mass is 127. The summed E-state index contributed by atoms with van der Waals surface area (Å²) in [5, 5.41) is 0. The number of rotatable bonds is 1. The zero-order valence-electron chi connectivity index (χ0n) is 8.02. The Morgan fingerprint density at radius 3 is 2.64 bits per heavy atom. The van der Waals surface area contributed by atoms with Crippen LogP contribution in [-0.2, 0) is 17.6 Å². The number of aromatic amines is 1. The van der Waals surface area contributed by atoms with Crippen molar-refractivity contribution in [3.8, 4) is 0 Å². The van der Waals surface area contributed by atoms with Crippen LogP contribution in [0.15, 0.2) is 0 Å². The molecule has 0 spiro atoms. The molecule has 0 unspecified atom stereocenters. The van der Waals surface area contributed by atoms with Crippen LogP contribution in [-0.4, -0.2) is 18.1 Å². The van der Waals surface area contributed by atoms with Crippen LogP contribution >= 0.6 is 22.6 Å². The molecule has 1 aromatic rings. The fourth-order valence-corrected chi connectivity index (χ4v) is 2.83. The molecule has 1 aromatic heterocycles. The maximum absolute atomic E-state index is 11.4. The molecule has 0 saturated carbocycles. The van der Waals surface area contributed by atoms with Crippen LogP contribution in [0.3, 0.4) is 0 Å². The molecule has 14 heavy (non-hydrogen) atoms. The molecule has 1 aliphatic rings. The van der Waals surface area contributed by atoms with Crippen LogP contribution in [0.5, 0.6) is 0 Å². The number of ether oxygens (including phenoxy) is 1. The number of carbonyl (C=O) groups excluding carboxylic acids is 1. The van der Waals surface area contributed by atoms with E-state index < -0.39 is 0 Å². The second-order valence-electron chi connectivity index (χ2n) is 3.47. The van der Waals surface area contributed by atoms with Crippen LogP contribution in [0.4, 0.5) is 0 Å². The minimum absolute atomic E-state index is 0.244. The van der Waals surface area contributed by atoms with Crippen molar-refractivity contribution in [3.63, 3.8) is 0 Å². The molecule has 0 saturated heterocycles. The number of esters is 1. The van der Waals surface area contributed by atoms with E-state index in [0.717, 1.165) is 16.5 Å². The quantitative estimate of drug-likeness (QED) is 0.639. The molecule has 0 fully saturated rings. The molecule has 1 N–H and O–H groups in total. The van der Waals surface area contributed by atoms with Gasteiger partial charge in [-0.1, -0.05) is 0 Å². The van der Waals surface area contributed by atoms with Crippen LogP contribution in [0.2, 0.25) is 0 Å². The molecule has 0 radical (unpaired) electrons. The highest BCUT2D eigenvalue weighted by molar-refractivity contribution is 14.1. The third-order valence-electron chi connectivity index (χ3n) is 2.66. The lowest BCUT2D eigenvalue weighted by Gasteiger charge is -2.11. The minimum Gasteiger partial charge on any atom is -0.464 e. The van der Waals surface area contributed by atoms with E-state index in [9.17, 15) is 4.79 Å². The Balaban J connectivity index is 2.46. The van der Waals surface area contributed by atoms with Crippen LogP contribution < -0.4 is 0 Å². The number of aromatic nitrogens is 1. The van der Waals surface area contributed by atoms with Gasteiger partial charge in [-0.25, -0.2) is 4.79 Å². The Morgan fingerprint density at radius 1 is 1.36 bits per heavy atom. The molecule has 0 aliphatic heterocycles. The number of H-pyrrole nitrogens is 1. The largest absolute Gasteiger partial charge is 0.464 e. The molecule has 0 aromatic carbocycles. The predicted molar refractivity (Wildman–Crippen MR) is 61.5 cm³/mol. The average molecular weight is 305 g/mol. The van der Waals surface area contributed by atoms with Crippen molar-refractivity contribution >= 4 is 28.6 Å². The first kappa shape index (κ1) is 10.0. The fourth-order valence-electron chi connectivity index (χ4n) is 1.96. The van der Waals surface area contributed by atoms with Gasteiger partial charge in [0.25, 0.3) is 0 Å². The molecule has 2 rings (SSSR count). The molecule has 76 valence electrons. The van der Waals surface area contributed by atoms with Crippen LogP contribution in [0.1, 0.15) is 34.5 Å². The number of nitrogens with one attached hydrogen (secondary N) is 1. The second-order valence-corrected chi connectivity index (χ2v) is 4.55. The van der Waals surface area contributed by atoms with E-state index >= 15 is 0 Å². The van der Waals surface area contributed by atoms with E-state index in [-0.39, 0.29) is 5.97 Å². The van der Waals surface area contributed by atoms with Gasteiger partial charge in [-0.2, -0.15) is 0 Å². The summed E-state index contributed by atoms with van der Waals surface area (Å²) in [6.07, 6.45) is 4.48. The lowest BCUT2D eigenvalue weighted by molar-refractivity contribution is 0.0593. The van der Waals surface area contributed by atoms with Gasteiger partial charge >= 0.3 is 5.97 Å². The first-order valence-electron chi connectivity index (χ1n) is 4.71. The summed E-state index contributed by atoms with van der Waals surface area (Å²) in [7, 11) is 1.42. The number of methoxy groups -OCH3 is 1. The third-order valence-corrected chi connectivity index (χ3v) is 3.58. The van der Waals surface area contributed by atoms with Gasteiger partial charge in [0, 0.05) is 0 Å². The van der Waals surface area contributed by atoms with Crippen molar-refractivity contribution in [1.82, 2.24) is 4.98 Å². The number of fused-ring (bicyclic) bond motifs is 1. The van der Waals surface area contributed by atoms with Crippen molar-refractivity contribution in [1.29, 1.82) is 0 Å². The van der Waals surface area contributed by atoms with Gasteiger partial charge in [-0.3, -0.25) is 0 Å². The van der Waals surface area contributed by atoms with Crippen LogP contribution in [0, 0.1) is 3.70 Å². The summed E-state index contributed by atoms with van der Waals surface area (Å²) in [6.45, 7) is 0. The fraction of sp³-hybridized carbons (Fsp3) is 0.500. The van der Waals surface area contributed by atoms with Crippen molar-refractivity contribution in [2.45, 2.75) is 25.7 Å². The monoisotopic (exact) mass is 305 g/mol. The second kappa shape index (κ2) is 3.92. The molecule has 4 heteroatoms. The first-order chi connectivity index (χ1) is 6.74. The number of hydrogen-bond donors (Lipinski definition) is 1. The Morgan fingerprint density at radius 2 is 2.00 bits per heavy atom. The van der Waals surface area contributed by atoms with Gasteiger partial charge in [0.05, 0.1) is 10.8 Å². The maximum Gasteiger partial charge on any atom is 0.354 e. The topological polar surface area (TPSA) is 42.1 Å². The van der Waals surface area contributed by atoms with E-state index in [1.54, 1.807) is 0 Å². The summed E-state index contributed by atoms with van der Waals surface area (Å²) < 4.78 is 5.84. The highest BCUT2D eigenvalue weighted by Crippen LogP contribution is 2.28. The van der Waals surface area contributed by atoms with Gasteiger partial charge in [0.1, 0.15) is 5.69 Å². The average Bonchev–Trinajstić information content (AvgIpc) is 2.56. The number of carbonyl (C=O) groups is 1. The Bertz CT molecular complexity index is 370. The number of halogens is 1. The minimum atomic E-state index is -0.244. The summed E-state index contributed by atoms with van der Waals surface area (Å²) >= 11 is 2.25. The molecule has 3 nitrogen and oxygen atoms in total. The van der Waals surface area contributed by atoms with Crippen molar-refractivity contribution < 1.29 is 9.53 Å². The Labute approximate surface area is 96.4 Å². The lowest BCUT2D eigenvalue weighted by atomic mass is 9.94. The molecule has 0 amide bonds. The third kappa shape index (κ3) is 1.55. The predicted octanol–water partition coefficient (Wildman–Crippen LogP) is 2.28. The van der Waals surface area contributed by atoms with Crippen molar-refractivity contribution in [3.05, 3.63) is 20.5 Å². The van der Waals surface area contributed by atoms with Crippen LogP contribution in [0.25, 0.3) is 0 Å². The highest BCUT2D eigenvalue weighted by Gasteiger charge is 2.23. The van der Waals surface area contributed by atoms with E-state index in [0.29, 0.717) is 5.69 Å². The van der Waals surface area contributed by atoms with E-state index in [1.807, 2.05) is 0 Å². The summed E-state index contributed by atoms with van der Waals surface area (Å²) in [4.78, 5) is 14.6. The van der Waals surface area contributed by atoms with Gasteiger partial charge in [0.15, 0.2) is 0 Å². The van der Waals surface area contributed by atoms with Gasteiger partial charge in [-0.15, -0.1) is 0 Å². The molecular formula is C10H12INO2. The zero-order chi connectivity index (χ0) is 10.1. The summed E-state index contributed by atoms with van der Waals surface area (Å²) in [5.41, 5.74) is 3.15. The molecule has 1 aliphatic carbocycles. The standard InChI is InChI=1S/C10H12INO2/c1-14-10(13)8-6-4-2-3-5-7(6)9(11)12-8/h12H,2-5H2,1H3. The summed E-state index contributed by atoms with van der Waals surface area (Å²) in [5.74, 6) is -0.244. The molecule has 0 atom stereocenters. The Hall–Kier alpha value is -0.520. The smallest absolute Gasteiger partial charge is 0.354 e. The van der Waals surface area contributed by atoms with Gasteiger partial charge in [-0.05, 0) is 59.4 Å². The molecular weight excluding hydrogens is 293 g/mol. The van der Waals surface area contributed by atoms with Crippen molar-refractivity contribution in [2.75, 3.05) is 7.11 Å². The van der Waals surface area contributed by atoms with E-state index in [1.165, 1.54) is 31.1 Å². The van der Waals surface area contributed by atoms with Gasteiger partial charge in [0.2, 0.25) is 0 Å². The lowest BCUT2D eigenvalue weighted by Crippen LogP contribution is -2.08.